The van der Waals surface area contributed by atoms with Gasteiger partial charge in [-0.3, -0.25) is 4.79 Å². The fourth-order valence-electron chi connectivity index (χ4n) is 2.38. The van der Waals surface area contributed by atoms with E-state index in [9.17, 15) is 4.79 Å². The van der Waals surface area contributed by atoms with Crippen LogP contribution in [-0.4, -0.2) is 18.0 Å². The van der Waals surface area contributed by atoms with E-state index in [1.54, 1.807) is 0 Å². The van der Waals surface area contributed by atoms with Crippen molar-refractivity contribution in [2.75, 3.05) is 5.32 Å². The number of nitrogens with one attached hydrogen (secondary N) is 2. The van der Waals surface area contributed by atoms with E-state index in [0.717, 1.165) is 16.8 Å². The zero-order chi connectivity index (χ0) is 14.7. The first kappa shape index (κ1) is 16.5. The number of para-hydroxylation sites is 1. The van der Waals surface area contributed by atoms with Crippen molar-refractivity contribution in [3.63, 3.8) is 0 Å². The second kappa shape index (κ2) is 7.43. The summed E-state index contributed by atoms with van der Waals surface area (Å²) >= 11 is 0. The molecule has 4 heteroatoms. The molecule has 0 radical (unpaired) electrons. The van der Waals surface area contributed by atoms with Gasteiger partial charge in [0.2, 0.25) is 5.91 Å². The fraction of sp³-hybridized carbons (Fsp3) is 0.278. The van der Waals surface area contributed by atoms with Gasteiger partial charge < -0.3 is 10.6 Å². The summed E-state index contributed by atoms with van der Waals surface area (Å²) in [4.78, 5) is 12.3. The van der Waals surface area contributed by atoms with E-state index in [1.165, 1.54) is 12.8 Å². The smallest absolute Gasteiger partial charge is 0.241 e. The van der Waals surface area contributed by atoms with Crippen LogP contribution >= 0.6 is 12.4 Å². The second-order valence-corrected chi connectivity index (χ2v) is 5.56. The number of hydrogen-bond acceptors (Lipinski definition) is 2. The molecule has 3 rings (SSSR count). The number of amides is 1. The minimum absolute atomic E-state index is 0. The van der Waals surface area contributed by atoms with E-state index >= 15 is 0 Å². The molecule has 2 aromatic rings. The molecular formula is C18H21ClN2O. The summed E-state index contributed by atoms with van der Waals surface area (Å²) < 4.78 is 0. The molecule has 0 saturated heterocycles. The third kappa shape index (κ3) is 4.09. The highest BCUT2D eigenvalue weighted by molar-refractivity contribution is 5.98. The summed E-state index contributed by atoms with van der Waals surface area (Å²) in [5, 5.41) is 6.36. The van der Waals surface area contributed by atoms with E-state index in [0.29, 0.717) is 6.04 Å². The molecule has 22 heavy (non-hydrogen) atoms. The third-order valence-electron chi connectivity index (χ3n) is 3.73. The van der Waals surface area contributed by atoms with E-state index in [1.807, 2.05) is 49.4 Å². The minimum Gasteiger partial charge on any atom is -0.324 e. The molecule has 2 N–H and O–H groups in total. The van der Waals surface area contributed by atoms with Crippen LogP contribution in [0.1, 0.15) is 19.8 Å². The number of carbonyl (C=O) groups is 1. The highest BCUT2D eigenvalue weighted by Crippen LogP contribution is 2.27. The standard InChI is InChI=1S/C18H20N2O.ClH/c1-13(19-15-11-12-15)18(21)20-17-10-6-5-9-16(17)14-7-3-2-4-8-14;/h2-10,13,15,19H,11-12H2,1H3,(H,20,21);1H. The van der Waals surface area contributed by atoms with Crippen molar-refractivity contribution in [1.29, 1.82) is 0 Å². The number of halogens is 1. The van der Waals surface area contributed by atoms with Crippen LogP contribution in [0.2, 0.25) is 0 Å². The zero-order valence-corrected chi connectivity index (χ0v) is 13.4. The van der Waals surface area contributed by atoms with Gasteiger partial charge in [0, 0.05) is 17.3 Å². The SMILES string of the molecule is CC(NC1CC1)C(=O)Nc1ccccc1-c1ccccc1.Cl. The van der Waals surface area contributed by atoms with Gasteiger partial charge in [-0.1, -0.05) is 48.5 Å². The van der Waals surface area contributed by atoms with Crippen LogP contribution in [0.25, 0.3) is 11.1 Å². The number of carbonyl (C=O) groups excluding carboxylic acids is 1. The van der Waals surface area contributed by atoms with Crippen LogP contribution in [0, 0.1) is 0 Å². The van der Waals surface area contributed by atoms with Gasteiger partial charge in [0.15, 0.2) is 0 Å². The molecule has 3 nitrogen and oxygen atoms in total. The molecule has 1 aliphatic carbocycles. The molecule has 1 fully saturated rings. The summed E-state index contributed by atoms with van der Waals surface area (Å²) in [6, 6.07) is 18.4. The van der Waals surface area contributed by atoms with Gasteiger partial charge in [-0.15, -0.1) is 12.4 Å². The lowest BCUT2D eigenvalue weighted by atomic mass is 10.0. The summed E-state index contributed by atoms with van der Waals surface area (Å²) in [5.74, 6) is 0.0188. The molecule has 1 amide bonds. The number of anilines is 1. The predicted octanol–water partition coefficient (Wildman–Crippen LogP) is 3.85. The maximum Gasteiger partial charge on any atom is 0.241 e. The Kier molecular flexibility index (Phi) is 5.58. The van der Waals surface area contributed by atoms with Crippen molar-refractivity contribution in [3.05, 3.63) is 54.6 Å². The monoisotopic (exact) mass is 316 g/mol. The van der Waals surface area contributed by atoms with Gasteiger partial charge in [-0.2, -0.15) is 0 Å². The Morgan fingerprint density at radius 3 is 2.36 bits per heavy atom. The van der Waals surface area contributed by atoms with Gasteiger partial charge in [-0.05, 0) is 31.4 Å². The van der Waals surface area contributed by atoms with Gasteiger partial charge in [0.25, 0.3) is 0 Å². The Bertz CT molecular complexity index is 626. The normalized spacial score (nSPS) is 14.8. The van der Waals surface area contributed by atoms with Gasteiger partial charge in [0.05, 0.1) is 6.04 Å². The van der Waals surface area contributed by atoms with Crippen molar-refractivity contribution in [1.82, 2.24) is 5.32 Å². The largest absolute Gasteiger partial charge is 0.324 e. The molecule has 1 unspecified atom stereocenters. The number of hydrogen-bond donors (Lipinski definition) is 2. The van der Waals surface area contributed by atoms with Crippen LogP contribution in [-0.2, 0) is 4.79 Å². The molecule has 1 saturated carbocycles. The van der Waals surface area contributed by atoms with Crippen molar-refractivity contribution in [2.24, 2.45) is 0 Å². The van der Waals surface area contributed by atoms with E-state index < -0.39 is 0 Å². The molecule has 1 atom stereocenters. The molecule has 0 aromatic heterocycles. The van der Waals surface area contributed by atoms with Crippen molar-refractivity contribution >= 4 is 24.0 Å². The molecular weight excluding hydrogens is 296 g/mol. The fourth-order valence-corrected chi connectivity index (χ4v) is 2.38. The third-order valence-corrected chi connectivity index (χ3v) is 3.73. The highest BCUT2D eigenvalue weighted by Gasteiger charge is 2.25. The van der Waals surface area contributed by atoms with E-state index in [-0.39, 0.29) is 24.4 Å². The summed E-state index contributed by atoms with van der Waals surface area (Å²) in [6.07, 6.45) is 2.36. The molecule has 2 aromatic carbocycles. The molecule has 0 bridgehead atoms. The molecule has 1 aliphatic rings. The number of rotatable bonds is 5. The molecule has 0 spiro atoms. The van der Waals surface area contributed by atoms with Gasteiger partial charge >= 0.3 is 0 Å². The molecule has 116 valence electrons. The molecule has 0 heterocycles. The maximum absolute atomic E-state index is 12.3. The van der Waals surface area contributed by atoms with Crippen molar-refractivity contribution in [2.45, 2.75) is 31.8 Å². The first-order chi connectivity index (χ1) is 10.2. The van der Waals surface area contributed by atoms with Crippen LogP contribution in [0.4, 0.5) is 5.69 Å². The van der Waals surface area contributed by atoms with Crippen molar-refractivity contribution < 1.29 is 4.79 Å². The van der Waals surface area contributed by atoms with Crippen LogP contribution in [0.15, 0.2) is 54.6 Å². The van der Waals surface area contributed by atoms with Gasteiger partial charge in [0.1, 0.15) is 0 Å². The Morgan fingerprint density at radius 2 is 1.68 bits per heavy atom. The highest BCUT2D eigenvalue weighted by atomic mass is 35.5. The second-order valence-electron chi connectivity index (χ2n) is 5.56. The maximum atomic E-state index is 12.3. The van der Waals surface area contributed by atoms with Crippen LogP contribution < -0.4 is 10.6 Å². The lowest BCUT2D eigenvalue weighted by Gasteiger charge is -2.16. The minimum atomic E-state index is -0.165. The first-order valence-corrected chi connectivity index (χ1v) is 7.45. The van der Waals surface area contributed by atoms with E-state index in [2.05, 4.69) is 22.8 Å². The molecule has 0 aliphatic heterocycles. The first-order valence-electron chi connectivity index (χ1n) is 7.45. The van der Waals surface area contributed by atoms with Crippen molar-refractivity contribution in [3.8, 4) is 11.1 Å². The van der Waals surface area contributed by atoms with Gasteiger partial charge in [-0.25, -0.2) is 0 Å². The summed E-state index contributed by atoms with van der Waals surface area (Å²) in [7, 11) is 0. The topological polar surface area (TPSA) is 41.1 Å². The Morgan fingerprint density at radius 1 is 1.05 bits per heavy atom. The summed E-state index contributed by atoms with van der Waals surface area (Å²) in [6.45, 7) is 1.92. The predicted molar refractivity (Wildman–Crippen MR) is 93.4 cm³/mol. The lowest BCUT2D eigenvalue weighted by molar-refractivity contribution is -0.117. The average molecular weight is 317 g/mol. The summed E-state index contributed by atoms with van der Waals surface area (Å²) in [5.41, 5.74) is 3.01. The quantitative estimate of drug-likeness (QED) is 0.879. The number of benzene rings is 2. The lowest BCUT2D eigenvalue weighted by Crippen LogP contribution is -2.39. The van der Waals surface area contributed by atoms with Crippen LogP contribution in [0.5, 0.6) is 0 Å². The van der Waals surface area contributed by atoms with E-state index in [4.69, 9.17) is 0 Å². The zero-order valence-electron chi connectivity index (χ0n) is 12.6. The Labute approximate surface area is 137 Å². The average Bonchev–Trinajstić information content (AvgIpc) is 3.32. The Hall–Kier alpha value is -1.84. The van der Waals surface area contributed by atoms with Crippen LogP contribution in [0.3, 0.4) is 0 Å². The Balaban J connectivity index is 0.00000176.